The molecule has 0 aromatic rings. The lowest BCUT2D eigenvalue weighted by atomic mass is 9.96. The molecule has 4 heteroatoms. The average molecular weight is 200 g/mol. The molecule has 0 bridgehead atoms. The van der Waals surface area contributed by atoms with Gasteiger partial charge in [0.05, 0.1) is 11.6 Å². The van der Waals surface area contributed by atoms with Crippen molar-refractivity contribution < 1.29 is 4.59 Å². The second kappa shape index (κ2) is 3.42. The summed E-state index contributed by atoms with van der Waals surface area (Å²) in [5, 5.41) is 13.0. The number of thioether (sulfide) groups is 1. The number of hydrogen-bond donors (Lipinski definition) is 1. The summed E-state index contributed by atoms with van der Waals surface area (Å²) in [6.45, 7) is 8.21. The summed E-state index contributed by atoms with van der Waals surface area (Å²) >= 11 is 1.49. The molecule has 0 spiro atoms. The van der Waals surface area contributed by atoms with Gasteiger partial charge in [-0.3, -0.25) is 0 Å². The van der Waals surface area contributed by atoms with E-state index in [0.29, 0.717) is 9.76 Å². The zero-order valence-electron chi connectivity index (χ0n) is 8.79. The molecule has 0 aromatic carbocycles. The van der Waals surface area contributed by atoms with Crippen LogP contribution in [0.1, 0.15) is 20.8 Å². The molecule has 1 aliphatic heterocycles. The van der Waals surface area contributed by atoms with Crippen molar-refractivity contribution >= 4 is 23.1 Å². The topological polar surface area (TPSA) is 36.2 Å². The first-order chi connectivity index (χ1) is 5.96. The molecule has 0 aromatic heterocycles. The fourth-order valence-electron chi connectivity index (χ4n) is 1.65. The lowest BCUT2D eigenvalue weighted by molar-refractivity contribution is -0.841. The molecule has 1 unspecified atom stereocenters. The highest BCUT2D eigenvalue weighted by Gasteiger charge is 2.43. The minimum Gasteiger partial charge on any atom is -0.242 e. The molecule has 13 heavy (non-hydrogen) atoms. The van der Waals surface area contributed by atoms with Crippen molar-refractivity contribution in [2.45, 2.75) is 20.8 Å². The summed E-state index contributed by atoms with van der Waals surface area (Å²) in [7, 11) is 0. The van der Waals surface area contributed by atoms with Crippen LogP contribution in [0, 0.1) is 10.8 Å². The van der Waals surface area contributed by atoms with Crippen LogP contribution in [-0.2, 0) is 0 Å². The minimum absolute atomic E-state index is 0.137. The van der Waals surface area contributed by atoms with Crippen LogP contribution in [0.2, 0.25) is 0 Å². The average Bonchev–Trinajstić information content (AvgIpc) is 2.41. The SMILES string of the molecule is CC[N+]1(C(=N)SC)CC(C)(C)C=N1. The highest BCUT2D eigenvalue weighted by molar-refractivity contribution is 8.12. The summed E-state index contributed by atoms with van der Waals surface area (Å²) < 4.78 is 0.480. The van der Waals surface area contributed by atoms with Gasteiger partial charge in [-0.25, -0.2) is 5.41 Å². The van der Waals surface area contributed by atoms with Crippen molar-refractivity contribution in [3.63, 3.8) is 0 Å². The summed E-state index contributed by atoms with van der Waals surface area (Å²) in [6.07, 6.45) is 3.93. The Morgan fingerprint density at radius 3 is 2.62 bits per heavy atom. The molecule has 0 fully saturated rings. The van der Waals surface area contributed by atoms with Crippen LogP contribution in [0.25, 0.3) is 0 Å². The van der Waals surface area contributed by atoms with Gasteiger partial charge in [0.15, 0.2) is 0 Å². The molecule has 0 radical (unpaired) electrons. The first-order valence-corrected chi connectivity index (χ1v) is 5.75. The molecule has 3 nitrogen and oxygen atoms in total. The van der Waals surface area contributed by atoms with E-state index in [2.05, 4.69) is 25.9 Å². The molecule has 1 heterocycles. The second-order valence-electron chi connectivity index (χ2n) is 4.14. The molecule has 74 valence electrons. The summed E-state index contributed by atoms with van der Waals surface area (Å²) in [6, 6.07) is 0. The number of hydrogen-bond acceptors (Lipinski definition) is 3. The Morgan fingerprint density at radius 2 is 2.31 bits per heavy atom. The van der Waals surface area contributed by atoms with Gasteiger partial charge in [0.1, 0.15) is 13.1 Å². The molecule has 0 saturated carbocycles. The van der Waals surface area contributed by atoms with Crippen molar-refractivity contribution in [1.82, 2.24) is 0 Å². The molecule has 1 atom stereocenters. The van der Waals surface area contributed by atoms with Crippen molar-refractivity contribution in [2.24, 2.45) is 10.5 Å². The summed E-state index contributed by atoms with van der Waals surface area (Å²) in [4.78, 5) is 0. The van der Waals surface area contributed by atoms with Gasteiger partial charge in [-0.2, -0.15) is 0 Å². The predicted molar refractivity (Wildman–Crippen MR) is 59.2 cm³/mol. The number of nitrogens with zero attached hydrogens (tertiary/aromatic N) is 2. The van der Waals surface area contributed by atoms with Crippen molar-refractivity contribution in [3.05, 3.63) is 0 Å². The first-order valence-electron chi connectivity index (χ1n) is 4.53. The maximum Gasteiger partial charge on any atom is 0.282 e. The zero-order chi connectivity index (χ0) is 10.1. The summed E-state index contributed by atoms with van der Waals surface area (Å²) in [5.74, 6) is 0. The molecule has 0 amide bonds. The van der Waals surface area contributed by atoms with Crippen LogP contribution < -0.4 is 0 Å². The largest absolute Gasteiger partial charge is 0.282 e. The van der Waals surface area contributed by atoms with E-state index in [0.717, 1.165) is 13.1 Å². The highest BCUT2D eigenvalue weighted by atomic mass is 32.2. The lowest BCUT2D eigenvalue weighted by Crippen LogP contribution is -2.47. The van der Waals surface area contributed by atoms with E-state index < -0.39 is 0 Å². The van der Waals surface area contributed by atoms with Crippen molar-refractivity contribution in [2.75, 3.05) is 19.3 Å². The van der Waals surface area contributed by atoms with Crippen molar-refractivity contribution in [3.8, 4) is 0 Å². The van der Waals surface area contributed by atoms with Gasteiger partial charge in [0.25, 0.3) is 5.17 Å². The van der Waals surface area contributed by atoms with Crippen LogP contribution in [0.4, 0.5) is 0 Å². The van der Waals surface area contributed by atoms with Crippen LogP contribution in [-0.4, -0.2) is 35.3 Å². The Labute approximate surface area is 84.3 Å². The Hall–Kier alpha value is -0.350. The Kier molecular flexibility index (Phi) is 2.82. The van der Waals surface area contributed by atoms with Gasteiger partial charge in [-0.05, 0) is 38.8 Å². The monoisotopic (exact) mass is 200 g/mol. The number of amidine groups is 1. The van der Waals surface area contributed by atoms with E-state index in [4.69, 9.17) is 5.41 Å². The van der Waals surface area contributed by atoms with E-state index in [-0.39, 0.29) is 5.41 Å². The smallest absolute Gasteiger partial charge is 0.242 e. The third kappa shape index (κ3) is 1.94. The van der Waals surface area contributed by atoms with Crippen LogP contribution in [0.5, 0.6) is 0 Å². The van der Waals surface area contributed by atoms with Gasteiger partial charge in [-0.15, -0.1) is 4.59 Å². The summed E-state index contributed by atoms with van der Waals surface area (Å²) in [5.41, 5.74) is 0.137. The van der Waals surface area contributed by atoms with Gasteiger partial charge in [-0.1, -0.05) is 5.10 Å². The Balaban J connectivity index is 2.88. The molecular weight excluding hydrogens is 182 g/mol. The lowest BCUT2D eigenvalue weighted by Gasteiger charge is -2.28. The normalized spacial score (nSPS) is 30.8. The number of quaternary nitrogens is 1. The van der Waals surface area contributed by atoms with E-state index in [1.807, 2.05) is 12.5 Å². The van der Waals surface area contributed by atoms with Gasteiger partial charge >= 0.3 is 0 Å². The maximum absolute atomic E-state index is 7.88. The highest BCUT2D eigenvalue weighted by Crippen LogP contribution is 2.30. The minimum atomic E-state index is 0.137. The van der Waals surface area contributed by atoms with E-state index in [9.17, 15) is 0 Å². The van der Waals surface area contributed by atoms with Gasteiger partial charge < -0.3 is 0 Å². The molecule has 0 saturated heterocycles. The Bertz CT molecular complexity index is 247. The van der Waals surface area contributed by atoms with Crippen LogP contribution in [0.3, 0.4) is 0 Å². The standard InChI is InChI=1S/C9H18N3S/c1-5-12(8(10)13-4)7-9(2,3)6-11-12/h6,10H,5,7H2,1-4H3/q+1. The van der Waals surface area contributed by atoms with Crippen LogP contribution in [0.15, 0.2) is 5.10 Å². The molecule has 1 rings (SSSR count). The van der Waals surface area contributed by atoms with E-state index >= 15 is 0 Å². The molecule has 1 aliphatic rings. The zero-order valence-corrected chi connectivity index (χ0v) is 9.61. The van der Waals surface area contributed by atoms with Gasteiger partial charge in [0.2, 0.25) is 0 Å². The maximum atomic E-state index is 7.88. The van der Waals surface area contributed by atoms with Crippen LogP contribution >= 0.6 is 11.8 Å². The molecular formula is C9H18N3S+. The van der Waals surface area contributed by atoms with E-state index in [1.165, 1.54) is 11.8 Å². The predicted octanol–water partition coefficient (Wildman–Crippen LogP) is 2.15. The quantitative estimate of drug-likeness (QED) is 0.393. The third-order valence-electron chi connectivity index (χ3n) is 2.39. The molecule has 0 aliphatic carbocycles. The second-order valence-corrected chi connectivity index (χ2v) is 4.93. The van der Waals surface area contributed by atoms with Gasteiger partial charge in [0, 0.05) is 0 Å². The fourth-order valence-corrected chi connectivity index (χ4v) is 2.23. The fraction of sp³-hybridized carbons (Fsp3) is 0.778. The molecule has 1 N–H and O–H groups in total. The first kappa shape index (κ1) is 10.7. The third-order valence-corrected chi connectivity index (χ3v) is 3.12. The Morgan fingerprint density at radius 1 is 1.69 bits per heavy atom. The number of nitrogens with one attached hydrogen (secondary N) is 1. The van der Waals surface area contributed by atoms with E-state index in [1.54, 1.807) is 0 Å². The van der Waals surface area contributed by atoms with Crippen molar-refractivity contribution in [1.29, 1.82) is 5.41 Å². The number of rotatable bonds is 1.